The lowest BCUT2D eigenvalue weighted by atomic mass is 9.89. The Balaban J connectivity index is 2.27. The monoisotopic (exact) mass is 297 g/mol. The SMILES string of the molecule is CCOP(=O)(OCC)OC1=C2CCC[C@@H]2CC(C#N)=C1. The van der Waals surface area contributed by atoms with Crippen molar-refractivity contribution in [2.75, 3.05) is 13.2 Å². The van der Waals surface area contributed by atoms with E-state index in [1.54, 1.807) is 19.9 Å². The molecule has 0 aromatic rings. The molecule has 1 saturated carbocycles. The third-order valence-electron chi connectivity index (χ3n) is 3.51. The van der Waals surface area contributed by atoms with E-state index in [1.807, 2.05) is 0 Å². The van der Waals surface area contributed by atoms with Crippen molar-refractivity contribution in [3.8, 4) is 6.07 Å². The van der Waals surface area contributed by atoms with E-state index in [2.05, 4.69) is 6.07 Å². The highest BCUT2D eigenvalue weighted by Gasteiger charge is 2.34. The molecule has 0 unspecified atom stereocenters. The van der Waals surface area contributed by atoms with Crippen molar-refractivity contribution in [2.45, 2.75) is 39.5 Å². The molecule has 0 aromatic heterocycles. The zero-order valence-electron chi connectivity index (χ0n) is 11.9. The lowest BCUT2D eigenvalue weighted by Crippen LogP contribution is -2.09. The molecular weight excluding hydrogens is 277 g/mol. The number of nitriles is 1. The zero-order valence-corrected chi connectivity index (χ0v) is 12.8. The maximum Gasteiger partial charge on any atom is 0.530 e. The Hall–Kier alpha value is -1.08. The summed E-state index contributed by atoms with van der Waals surface area (Å²) < 4.78 is 28.3. The van der Waals surface area contributed by atoms with Gasteiger partial charge in [0.15, 0.2) is 0 Å². The molecule has 6 heteroatoms. The fourth-order valence-electron chi connectivity index (χ4n) is 2.73. The molecule has 0 heterocycles. The summed E-state index contributed by atoms with van der Waals surface area (Å²) in [6.45, 7) is 3.97. The summed E-state index contributed by atoms with van der Waals surface area (Å²) in [6, 6.07) is 2.17. The topological polar surface area (TPSA) is 68.6 Å². The number of allylic oxidation sites excluding steroid dienone is 3. The Labute approximate surface area is 119 Å². The van der Waals surface area contributed by atoms with Crippen molar-refractivity contribution in [3.63, 3.8) is 0 Å². The lowest BCUT2D eigenvalue weighted by Gasteiger charge is -2.24. The highest BCUT2D eigenvalue weighted by molar-refractivity contribution is 7.48. The van der Waals surface area contributed by atoms with Crippen LogP contribution in [0.1, 0.15) is 39.5 Å². The summed E-state index contributed by atoms with van der Waals surface area (Å²) in [5.74, 6) is 0.849. The first-order valence-electron chi connectivity index (χ1n) is 7.04. The van der Waals surface area contributed by atoms with E-state index in [4.69, 9.17) is 18.8 Å². The molecule has 2 rings (SSSR count). The van der Waals surface area contributed by atoms with Gasteiger partial charge >= 0.3 is 7.82 Å². The van der Waals surface area contributed by atoms with Gasteiger partial charge < -0.3 is 4.52 Å². The Morgan fingerprint density at radius 2 is 2.10 bits per heavy atom. The third-order valence-corrected chi connectivity index (χ3v) is 5.08. The molecule has 110 valence electrons. The van der Waals surface area contributed by atoms with Gasteiger partial charge in [0.2, 0.25) is 0 Å². The molecule has 0 radical (unpaired) electrons. The van der Waals surface area contributed by atoms with Gasteiger partial charge in [-0.25, -0.2) is 4.57 Å². The van der Waals surface area contributed by atoms with E-state index in [1.165, 1.54) is 0 Å². The van der Waals surface area contributed by atoms with Crippen LogP contribution in [-0.4, -0.2) is 13.2 Å². The molecule has 5 nitrogen and oxygen atoms in total. The van der Waals surface area contributed by atoms with Gasteiger partial charge in [-0.3, -0.25) is 9.05 Å². The van der Waals surface area contributed by atoms with E-state index in [0.717, 1.165) is 31.3 Å². The molecule has 0 aromatic carbocycles. The average Bonchev–Trinajstić information content (AvgIpc) is 2.87. The quantitative estimate of drug-likeness (QED) is 0.691. The van der Waals surface area contributed by atoms with Crippen LogP contribution in [0, 0.1) is 17.2 Å². The van der Waals surface area contributed by atoms with Gasteiger partial charge in [0, 0.05) is 5.57 Å². The molecule has 1 atom stereocenters. The van der Waals surface area contributed by atoms with Crippen LogP contribution >= 0.6 is 7.82 Å². The van der Waals surface area contributed by atoms with Crippen molar-refractivity contribution in [1.82, 2.24) is 0 Å². The van der Waals surface area contributed by atoms with Crippen LogP contribution in [-0.2, 0) is 18.1 Å². The van der Waals surface area contributed by atoms with Gasteiger partial charge in [0.05, 0.1) is 19.3 Å². The zero-order chi connectivity index (χ0) is 14.6. The molecule has 2 aliphatic rings. The van der Waals surface area contributed by atoms with Crippen molar-refractivity contribution in [3.05, 3.63) is 23.0 Å². The van der Waals surface area contributed by atoms with Crippen LogP contribution in [0.4, 0.5) is 0 Å². The Morgan fingerprint density at radius 1 is 1.40 bits per heavy atom. The Bertz CT molecular complexity index is 508. The van der Waals surface area contributed by atoms with E-state index in [-0.39, 0.29) is 13.2 Å². The second-order valence-electron chi connectivity index (χ2n) is 4.84. The van der Waals surface area contributed by atoms with Gasteiger partial charge in [-0.15, -0.1) is 0 Å². The Morgan fingerprint density at radius 3 is 2.70 bits per heavy atom. The maximum atomic E-state index is 12.5. The number of nitrogens with zero attached hydrogens (tertiary/aromatic N) is 1. The molecule has 1 fully saturated rings. The first-order valence-corrected chi connectivity index (χ1v) is 8.50. The predicted octanol–water partition coefficient (Wildman–Crippen LogP) is 4.09. The first-order chi connectivity index (χ1) is 9.61. The van der Waals surface area contributed by atoms with Gasteiger partial charge in [-0.05, 0) is 57.1 Å². The summed E-state index contributed by atoms with van der Waals surface area (Å²) in [6.07, 6.45) is 5.49. The molecular formula is C14H20NO4P. The van der Waals surface area contributed by atoms with Crippen molar-refractivity contribution in [1.29, 1.82) is 5.26 Å². The van der Waals surface area contributed by atoms with Crippen molar-refractivity contribution < 1.29 is 18.1 Å². The largest absolute Gasteiger partial charge is 0.530 e. The molecule has 20 heavy (non-hydrogen) atoms. The number of hydrogen-bond donors (Lipinski definition) is 0. The molecule has 0 aliphatic heterocycles. The summed E-state index contributed by atoms with van der Waals surface area (Å²) in [5.41, 5.74) is 1.80. The number of phosphoric ester groups is 1. The fourth-order valence-corrected chi connectivity index (χ4v) is 3.96. The van der Waals surface area contributed by atoms with Crippen LogP contribution in [0.5, 0.6) is 0 Å². The van der Waals surface area contributed by atoms with Gasteiger partial charge in [-0.1, -0.05) is 0 Å². The van der Waals surface area contributed by atoms with Crippen LogP contribution in [0.2, 0.25) is 0 Å². The molecule has 0 N–H and O–H groups in total. The van der Waals surface area contributed by atoms with E-state index in [0.29, 0.717) is 17.3 Å². The molecule has 0 bridgehead atoms. The predicted molar refractivity (Wildman–Crippen MR) is 74.6 cm³/mol. The average molecular weight is 297 g/mol. The van der Waals surface area contributed by atoms with Gasteiger partial charge in [0.1, 0.15) is 5.76 Å². The maximum absolute atomic E-state index is 12.5. The van der Waals surface area contributed by atoms with Gasteiger partial charge in [0.25, 0.3) is 0 Å². The normalized spacial score (nSPS) is 22.2. The summed E-state index contributed by atoms with van der Waals surface area (Å²) >= 11 is 0. The Kier molecular flexibility index (Phi) is 5.04. The number of rotatable bonds is 6. The van der Waals surface area contributed by atoms with E-state index >= 15 is 0 Å². The number of hydrogen-bond acceptors (Lipinski definition) is 5. The first kappa shape index (κ1) is 15.3. The van der Waals surface area contributed by atoms with E-state index < -0.39 is 7.82 Å². The van der Waals surface area contributed by atoms with E-state index in [9.17, 15) is 4.57 Å². The molecule has 0 saturated heterocycles. The minimum Gasteiger partial charge on any atom is -0.404 e. The third kappa shape index (κ3) is 3.32. The summed E-state index contributed by atoms with van der Waals surface area (Å²) in [5, 5.41) is 9.11. The lowest BCUT2D eigenvalue weighted by molar-refractivity contribution is 0.146. The van der Waals surface area contributed by atoms with Crippen LogP contribution in [0.25, 0.3) is 0 Å². The van der Waals surface area contributed by atoms with Crippen LogP contribution in [0.15, 0.2) is 23.0 Å². The van der Waals surface area contributed by atoms with Crippen molar-refractivity contribution in [2.24, 2.45) is 5.92 Å². The number of fused-ring (bicyclic) bond motifs is 1. The smallest absolute Gasteiger partial charge is 0.404 e. The summed E-state index contributed by atoms with van der Waals surface area (Å²) in [7, 11) is -3.59. The standard InChI is InChI=1S/C14H20NO4P/c1-3-17-20(16,18-4-2)19-14-9-11(10-15)8-12-6-5-7-13(12)14/h9,12H,3-8H2,1-2H3/t12-/m1/s1. The molecule has 0 amide bonds. The number of phosphoric acid groups is 1. The second kappa shape index (κ2) is 6.58. The molecule has 0 spiro atoms. The minimum absolute atomic E-state index is 0.248. The minimum atomic E-state index is -3.59. The summed E-state index contributed by atoms with van der Waals surface area (Å²) in [4.78, 5) is 0. The molecule has 2 aliphatic carbocycles. The van der Waals surface area contributed by atoms with Gasteiger partial charge in [-0.2, -0.15) is 5.26 Å². The van der Waals surface area contributed by atoms with Crippen LogP contribution < -0.4 is 0 Å². The fraction of sp³-hybridized carbons (Fsp3) is 0.643. The van der Waals surface area contributed by atoms with Crippen LogP contribution in [0.3, 0.4) is 0 Å². The highest BCUT2D eigenvalue weighted by Crippen LogP contribution is 2.54. The second-order valence-corrected chi connectivity index (χ2v) is 6.43. The van der Waals surface area contributed by atoms with Crippen molar-refractivity contribution >= 4 is 7.82 Å². The highest BCUT2D eigenvalue weighted by atomic mass is 31.2.